The third-order valence-corrected chi connectivity index (χ3v) is 7.44. The predicted molar refractivity (Wildman–Crippen MR) is 142 cm³/mol. The van der Waals surface area contributed by atoms with Crippen molar-refractivity contribution in [2.45, 2.75) is 26.0 Å². The third-order valence-electron chi connectivity index (χ3n) is 6.55. The maximum atomic E-state index is 13.5. The maximum absolute atomic E-state index is 13.5. The lowest BCUT2D eigenvalue weighted by atomic mass is 9.93. The number of ether oxygens (including phenoxy) is 2. The Morgan fingerprint density at radius 1 is 1.13 bits per heavy atom. The topological polar surface area (TPSA) is 115 Å². The first-order valence-corrected chi connectivity index (χ1v) is 13.1. The highest BCUT2D eigenvalue weighted by Crippen LogP contribution is 2.45. The van der Waals surface area contributed by atoms with Crippen molar-refractivity contribution in [2.75, 3.05) is 26.3 Å². The number of hydrogen-bond acceptors (Lipinski definition) is 9. The summed E-state index contributed by atoms with van der Waals surface area (Å²) >= 11 is 1.38. The lowest BCUT2D eigenvalue weighted by Gasteiger charge is -2.37. The molecule has 0 unspecified atom stereocenters. The van der Waals surface area contributed by atoms with Crippen molar-refractivity contribution in [2.24, 2.45) is 4.99 Å². The molecule has 0 saturated carbocycles. The van der Waals surface area contributed by atoms with Crippen molar-refractivity contribution >= 4 is 34.5 Å². The molecule has 1 saturated heterocycles. The summed E-state index contributed by atoms with van der Waals surface area (Å²) in [6.45, 7) is 3.90. The Morgan fingerprint density at radius 2 is 1.84 bits per heavy atom. The number of esters is 1. The number of amides is 1. The standard InChI is InChI=1S/C27H26N4O6S/c1-18-24(26(33)37-16-19-5-3-2-4-6-19)25(20-7-9-21(10-8-20)31(34)35)30-22(17-38-27(30)28-18)15-23(32)29-11-13-36-14-12-29/h2-10,17,25H,11-16H2,1H3/t25-/m1/s1. The molecule has 10 nitrogen and oxygen atoms in total. The molecule has 0 aromatic heterocycles. The molecule has 38 heavy (non-hydrogen) atoms. The fraction of sp³-hybridized carbons (Fsp3) is 0.296. The number of fused-ring (bicyclic) bond motifs is 1. The van der Waals surface area contributed by atoms with Crippen LogP contribution >= 0.6 is 11.8 Å². The van der Waals surface area contributed by atoms with E-state index in [1.54, 1.807) is 24.0 Å². The van der Waals surface area contributed by atoms with E-state index in [1.807, 2.05) is 40.6 Å². The number of carbonyl (C=O) groups excluding carboxylic acids is 2. The number of nitro groups is 1. The van der Waals surface area contributed by atoms with E-state index in [0.717, 1.165) is 5.56 Å². The zero-order valence-corrected chi connectivity index (χ0v) is 21.6. The molecule has 1 atom stereocenters. The van der Waals surface area contributed by atoms with Gasteiger partial charge in [0.1, 0.15) is 6.61 Å². The van der Waals surface area contributed by atoms with Gasteiger partial charge in [-0.15, -0.1) is 0 Å². The summed E-state index contributed by atoms with van der Waals surface area (Å²) in [5.74, 6) is -0.573. The fourth-order valence-electron chi connectivity index (χ4n) is 4.60. The predicted octanol–water partition coefficient (Wildman–Crippen LogP) is 4.16. The lowest BCUT2D eigenvalue weighted by molar-refractivity contribution is -0.384. The van der Waals surface area contributed by atoms with Crippen LogP contribution in [0.5, 0.6) is 0 Å². The molecule has 3 heterocycles. The number of non-ortho nitro benzene ring substituents is 1. The van der Waals surface area contributed by atoms with Gasteiger partial charge in [-0.2, -0.15) is 0 Å². The number of aliphatic imine (C=N–C) groups is 1. The number of morpholine rings is 1. The maximum Gasteiger partial charge on any atom is 0.338 e. The zero-order chi connectivity index (χ0) is 26.6. The number of nitrogens with zero attached hydrogens (tertiary/aromatic N) is 4. The normalized spacial score (nSPS) is 19.0. The van der Waals surface area contributed by atoms with Gasteiger partial charge in [-0.25, -0.2) is 9.79 Å². The number of hydrogen-bond donors (Lipinski definition) is 0. The van der Waals surface area contributed by atoms with Crippen LogP contribution in [-0.4, -0.2) is 58.1 Å². The largest absolute Gasteiger partial charge is 0.457 e. The van der Waals surface area contributed by atoms with E-state index in [0.29, 0.717) is 54.0 Å². The molecule has 2 aromatic carbocycles. The molecule has 3 aliphatic heterocycles. The Labute approximate surface area is 223 Å². The number of nitro benzene ring substituents is 1. The second-order valence-corrected chi connectivity index (χ2v) is 9.81. The van der Waals surface area contributed by atoms with Gasteiger partial charge in [-0.1, -0.05) is 42.1 Å². The summed E-state index contributed by atoms with van der Waals surface area (Å²) in [5, 5.41) is 13.8. The summed E-state index contributed by atoms with van der Waals surface area (Å²) in [7, 11) is 0. The van der Waals surface area contributed by atoms with Gasteiger partial charge in [0.25, 0.3) is 5.69 Å². The Hall–Kier alpha value is -3.96. The van der Waals surface area contributed by atoms with Crippen molar-refractivity contribution in [3.8, 4) is 0 Å². The second kappa shape index (κ2) is 11.2. The van der Waals surface area contributed by atoms with Crippen molar-refractivity contribution in [1.82, 2.24) is 9.80 Å². The minimum atomic E-state index is -0.662. The van der Waals surface area contributed by atoms with E-state index < -0.39 is 16.9 Å². The first-order chi connectivity index (χ1) is 18.4. The number of amidine groups is 1. The van der Waals surface area contributed by atoms with Gasteiger partial charge in [-0.05, 0) is 35.6 Å². The Bertz CT molecular complexity index is 1330. The van der Waals surface area contributed by atoms with Crippen molar-refractivity contribution in [3.05, 3.63) is 98.2 Å². The highest BCUT2D eigenvalue weighted by molar-refractivity contribution is 8.16. The minimum Gasteiger partial charge on any atom is -0.457 e. The van der Waals surface area contributed by atoms with Crippen molar-refractivity contribution < 1.29 is 24.0 Å². The van der Waals surface area contributed by atoms with Crippen LogP contribution < -0.4 is 0 Å². The number of allylic oxidation sites excluding steroid dienone is 1. The second-order valence-electron chi connectivity index (χ2n) is 8.97. The highest BCUT2D eigenvalue weighted by atomic mass is 32.2. The highest BCUT2D eigenvalue weighted by Gasteiger charge is 2.41. The van der Waals surface area contributed by atoms with Gasteiger partial charge in [0.05, 0.1) is 41.9 Å². The van der Waals surface area contributed by atoms with Crippen LogP contribution in [0.4, 0.5) is 5.69 Å². The van der Waals surface area contributed by atoms with Crippen LogP contribution in [-0.2, 0) is 25.7 Å². The Balaban J connectivity index is 1.47. The minimum absolute atomic E-state index is 0.0386. The van der Waals surface area contributed by atoms with Gasteiger partial charge < -0.3 is 19.3 Å². The molecule has 0 bridgehead atoms. The summed E-state index contributed by atoms with van der Waals surface area (Å²) in [5.41, 5.74) is 2.97. The number of carbonyl (C=O) groups is 2. The third kappa shape index (κ3) is 5.34. The number of thioether (sulfide) groups is 1. The average Bonchev–Trinajstić information content (AvgIpc) is 3.33. The molecule has 0 N–H and O–H groups in total. The Morgan fingerprint density at radius 3 is 2.53 bits per heavy atom. The molecule has 11 heteroatoms. The first-order valence-electron chi connectivity index (χ1n) is 12.2. The molecular formula is C27H26N4O6S. The fourth-order valence-corrected chi connectivity index (χ4v) is 5.57. The monoisotopic (exact) mass is 534 g/mol. The SMILES string of the molecule is CC1=C(C(=O)OCc2ccccc2)[C@@H](c2ccc([N+](=O)[O-])cc2)N2C(CC(=O)N3CCOCC3)=CSC2=N1. The van der Waals surface area contributed by atoms with Gasteiger partial charge >= 0.3 is 5.97 Å². The molecule has 2 aromatic rings. The van der Waals surface area contributed by atoms with Crippen molar-refractivity contribution in [3.63, 3.8) is 0 Å². The van der Waals surface area contributed by atoms with Gasteiger partial charge in [0.15, 0.2) is 5.17 Å². The quantitative estimate of drug-likeness (QED) is 0.296. The number of benzene rings is 2. The van der Waals surface area contributed by atoms with E-state index in [1.165, 1.54) is 23.9 Å². The van der Waals surface area contributed by atoms with Gasteiger partial charge in [0, 0.05) is 30.9 Å². The summed E-state index contributed by atoms with van der Waals surface area (Å²) in [6.07, 6.45) is 0.126. The summed E-state index contributed by atoms with van der Waals surface area (Å²) in [6, 6.07) is 14.8. The van der Waals surface area contributed by atoms with Crippen LogP contribution in [0.25, 0.3) is 0 Å². The van der Waals surface area contributed by atoms with Crippen molar-refractivity contribution in [1.29, 1.82) is 0 Å². The molecule has 0 aliphatic carbocycles. The van der Waals surface area contributed by atoms with E-state index in [4.69, 9.17) is 9.47 Å². The molecular weight excluding hydrogens is 508 g/mol. The molecule has 3 aliphatic rings. The number of rotatable bonds is 7. The molecule has 1 fully saturated rings. The van der Waals surface area contributed by atoms with E-state index in [9.17, 15) is 19.7 Å². The molecule has 1 amide bonds. The first kappa shape index (κ1) is 25.7. The summed E-state index contributed by atoms with van der Waals surface area (Å²) < 4.78 is 11.1. The smallest absolute Gasteiger partial charge is 0.338 e. The van der Waals surface area contributed by atoms with Gasteiger partial charge in [0.2, 0.25) is 5.91 Å². The van der Waals surface area contributed by atoms with E-state index in [2.05, 4.69) is 4.99 Å². The van der Waals surface area contributed by atoms with E-state index in [-0.39, 0.29) is 24.6 Å². The zero-order valence-electron chi connectivity index (χ0n) is 20.7. The van der Waals surface area contributed by atoms with Gasteiger partial charge in [-0.3, -0.25) is 14.9 Å². The van der Waals surface area contributed by atoms with Crippen LogP contribution in [0.3, 0.4) is 0 Å². The Kier molecular flexibility index (Phi) is 7.57. The molecule has 5 rings (SSSR count). The molecule has 196 valence electrons. The van der Waals surface area contributed by atoms with Crippen LogP contribution in [0.1, 0.15) is 30.5 Å². The van der Waals surface area contributed by atoms with Crippen LogP contribution in [0.15, 0.2) is 82.0 Å². The van der Waals surface area contributed by atoms with Crippen LogP contribution in [0, 0.1) is 10.1 Å². The van der Waals surface area contributed by atoms with E-state index >= 15 is 0 Å². The lowest BCUT2D eigenvalue weighted by Crippen LogP contribution is -2.42. The van der Waals surface area contributed by atoms with Crippen LogP contribution in [0.2, 0.25) is 0 Å². The average molecular weight is 535 g/mol. The molecule has 0 spiro atoms. The summed E-state index contributed by atoms with van der Waals surface area (Å²) in [4.78, 5) is 45.7. The molecule has 0 radical (unpaired) electrons.